The van der Waals surface area contributed by atoms with Crippen molar-refractivity contribution < 1.29 is 0 Å². The molecule has 0 aromatic heterocycles. The maximum absolute atomic E-state index is 2.39. The highest BCUT2D eigenvalue weighted by atomic mass is 14.2. The molecule has 0 radical (unpaired) electrons. The monoisotopic (exact) mass is 613 g/mol. The van der Waals surface area contributed by atoms with Crippen LogP contribution in [0.4, 0.5) is 0 Å². The average Bonchev–Trinajstić information content (AvgIpc) is 2.99. The Hall–Kier alpha value is 0. The van der Waals surface area contributed by atoms with Gasteiger partial charge in [0.05, 0.1) is 0 Å². The molecule has 0 amide bonds. The summed E-state index contributed by atoms with van der Waals surface area (Å²) in [5.41, 5.74) is 0. The molecule has 0 rings (SSSR count). The van der Waals surface area contributed by atoms with Crippen molar-refractivity contribution in [2.45, 2.75) is 234 Å². The van der Waals surface area contributed by atoms with E-state index in [4.69, 9.17) is 0 Å². The van der Waals surface area contributed by atoms with E-state index in [9.17, 15) is 0 Å². The minimum atomic E-state index is 0.921. The molecule has 0 aromatic carbocycles. The largest absolute Gasteiger partial charge is 0.0654 e. The summed E-state index contributed by atoms with van der Waals surface area (Å²) in [5.74, 6) is 7.58. The molecule has 0 aliphatic heterocycles. The quantitative estimate of drug-likeness (QED) is 0.128. The van der Waals surface area contributed by atoms with Gasteiger partial charge in [-0.2, -0.15) is 0 Å². The maximum atomic E-state index is 2.39. The summed E-state index contributed by atoms with van der Waals surface area (Å²) in [7, 11) is 0. The van der Waals surface area contributed by atoms with Crippen molar-refractivity contribution in [1.82, 2.24) is 0 Å². The highest BCUT2D eigenvalue weighted by molar-refractivity contribution is 4.63. The zero-order valence-corrected chi connectivity index (χ0v) is 34.6. The van der Waals surface area contributed by atoms with Crippen molar-refractivity contribution in [1.29, 1.82) is 0 Å². The third kappa shape index (κ3) is 40.0. The van der Waals surface area contributed by atoms with Crippen molar-refractivity contribution in [3.63, 3.8) is 0 Å². The first kappa shape index (κ1) is 52.5. The average molecular weight is 613 g/mol. The summed E-state index contributed by atoms with van der Waals surface area (Å²) >= 11 is 0. The molecule has 0 heterocycles. The van der Waals surface area contributed by atoms with Crippen LogP contribution in [0.1, 0.15) is 234 Å². The van der Waals surface area contributed by atoms with E-state index in [0.29, 0.717) is 0 Å². The summed E-state index contributed by atoms with van der Waals surface area (Å²) in [6.45, 7) is 41.4. The molecule has 0 aliphatic carbocycles. The first-order valence-corrected chi connectivity index (χ1v) is 20.3. The highest BCUT2D eigenvalue weighted by Crippen LogP contribution is 2.23. The van der Waals surface area contributed by atoms with Gasteiger partial charge in [0.15, 0.2) is 0 Å². The van der Waals surface area contributed by atoms with Gasteiger partial charge < -0.3 is 0 Å². The van der Waals surface area contributed by atoms with E-state index >= 15 is 0 Å². The van der Waals surface area contributed by atoms with Crippen LogP contribution in [0.25, 0.3) is 0 Å². The summed E-state index contributed by atoms with van der Waals surface area (Å²) < 4.78 is 0. The minimum absolute atomic E-state index is 0.921. The maximum Gasteiger partial charge on any atom is -0.0394 e. The Morgan fingerprint density at radius 2 is 0.558 bits per heavy atom. The predicted molar refractivity (Wildman–Crippen MR) is 209 cm³/mol. The fourth-order valence-electron chi connectivity index (χ4n) is 6.18. The van der Waals surface area contributed by atoms with Crippen LogP contribution in [0.15, 0.2) is 0 Å². The van der Waals surface area contributed by atoms with Crippen LogP contribution in [-0.2, 0) is 0 Å². The Morgan fingerprint density at radius 1 is 0.256 bits per heavy atom. The summed E-state index contributed by atoms with van der Waals surface area (Å²) in [6.07, 6.45) is 23.2. The van der Waals surface area contributed by atoms with Gasteiger partial charge in [-0.15, -0.1) is 0 Å². The van der Waals surface area contributed by atoms with E-state index in [1.165, 1.54) is 109 Å². The van der Waals surface area contributed by atoms with E-state index < -0.39 is 0 Å². The second-order valence-corrected chi connectivity index (χ2v) is 14.4. The van der Waals surface area contributed by atoms with Gasteiger partial charge >= 0.3 is 0 Å². The Bertz CT molecular complexity index is 425. The minimum Gasteiger partial charge on any atom is -0.0654 e. The lowest BCUT2D eigenvalue weighted by molar-refractivity contribution is 0.316. The first-order valence-electron chi connectivity index (χ1n) is 20.3. The lowest BCUT2D eigenvalue weighted by Crippen LogP contribution is -2.08. The Balaban J connectivity index is -0.000000141. The number of hydrogen-bond donors (Lipinski definition) is 0. The van der Waals surface area contributed by atoms with Gasteiger partial charge in [0.2, 0.25) is 0 Å². The molecule has 0 saturated heterocycles. The van der Waals surface area contributed by atoms with Crippen molar-refractivity contribution >= 4 is 0 Å². The lowest BCUT2D eigenvalue weighted by Gasteiger charge is -2.19. The lowest BCUT2D eigenvalue weighted by atomic mass is 9.86. The molecule has 0 heteroatoms. The molecule has 0 aliphatic rings. The van der Waals surface area contributed by atoms with Crippen LogP contribution in [0.5, 0.6) is 0 Å². The van der Waals surface area contributed by atoms with E-state index in [-0.39, 0.29) is 0 Å². The van der Waals surface area contributed by atoms with Gasteiger partial charge in [-0.25, -0.2) is 0 Å². The molecule has 0 nitrogen and oxygen atoms in total. The second kappa shape index (κ2) is 42.0. The van der Waals surface area contributed by atoms with Crippen molar-refractivity contribution in [2.24, 2.45) is 47.3 Å². The van der Waals surface area contributed by atoms with Crippen LogP contribution in [0.2, 0.25) is 0 Å². The SMILES string of the molecule is CCC(C)C(CC)CC.CCCC(C)C(C)CC.CCCC(C)C(CC)CC.CCCC(C)CC.CCCC(C)CCC. The third-order valence-corrected chi connectivity index (χ3v) is 10.5. The fourth-order valence-corrected chi connectivity index (χ4v) is 6.18. The molecule has 0 bridgehead atoms. The van der Waals surface area contributed by atoms with Crippen molar-refractivity contribution in [3.8, 4) is 0 Å². The standard InChI is InChI=1S/C10H22.2C9H20.C8H18.C7H16/c1-5-8-9(4)10(6-2)7-3;1-5-7-9(4)8(3)6-2;1-5-8(4)9(6-2)7-3;1-4-6-8(3)7-5-2;1-4-6-7(3)5-2/h9-10H,5-8H2,1-4H3;2*8-9H,5-7H2,1-4H3;8H,4-7H2,1-3H3;7H,4-6H2,1-3H3. The summed E-state index contributed by atoms with van der Waals surface area (Å²) in [6, 6.07) is 0. The molecule has 0 saturated carbocycles. The normalized spacial score (nSPS) is 14.2. The van der Waals surface area contributed by atoms with Crippen LogP contribution >= 0.6 is 0 Å². The van der Waals surface area contributed by atoms with E-state index in [1.54, 1.807) is 0 Å². The van der Waals surface area contributed by atoms with E-state index in [1.807, 2.05) is 0 Å². The molecule has 0 aromatic rings. The highest BCUT2D eigenvalue weighted by Gasteiger charge is 2.11. The van der Waals surface area contributed by atoms with Crippen LogP contribution < -0.4 is 0 Å². The molecule has 5 unspecified atom stereocenters. The van der Waals surface area contributed by atoms with Crippen molar-refractivity contribution in [3.05, 3.63) is 0 Å². The molecular weight excluding hydrogens is 516 g/mol. The molecule has 0 fully saturated rings. The van der Waals surface area contributed by atoms with Crippen LogP contribution in [0.3, 0.4) is 0 Å². The number of hydrogen-bond acceptors (Lipinski definition) is 0. The van der Waals surface area contributed by atoms with Crippen molar-refractivity contribution in [2.75, 3.05) is 0 Å². The van der Waals surface area contributed by atoms with Crippen LogP contribution in [0, 0.1) is 47.3 Å². The molecule has 5 atom stereocenters. The van der Waals surface area contributed by atoms with E-state index in [2.05, 4.69) is 125 Å². The molecule has 43 heavy (non-hydrogen) atoms. The Morgan fingerprint density at radius 3 is 0.791 bits per heavy atom. The van der Waals surface area contributed by atoms with Gasteiger partial charge in [-0.05, 0) is 47.3 Å². The van der Waals surface area contributed by atoms with Crippen LogP contribution in [-0.4, -0.2) is 0 Å². The first-order chi connectivity index (χ1) is 20.3. The topological polar surface area (TPSA) is 0 Å². The summed E-state index contributed by atoms with van der Waals surface area (Å²) in [4.78, 5) is 0. The zero-order chi connectivity index (χ0) is 34.6. The number of rotatable bonds is 20. The molecule has 0 spiro atoms. The smallest absolute Gasteiger partial charge is 0.0394 e. The fraction of sp³-hybridized carbons (Fsp3) is 1.00. The molecular formula is C43H96. The van der Waals surface area contributed by atoms with E-state index in [0.717, 1.165) is 47.3 Å². The Kier molecular flexibility index (Phi) is 51.3. The van der Waals surface area contributed by atoms with Gasteiger partial charge in [-0.3, -0.25) is 0 Å². The zero-order valence-electron chi connectivity index (χ0n) is 34.6. The summed E-state index contributed by atoms with van der Waals surface area (Å²) in [5, 5.41) is 0. The molecule has 0 N–H and O–H groups in total. The predicted octanol–water partition coefficient (Wildman–Crippen LogP) is 16.9. The Labute approximate surface area is 280 Å². The van der Waals surface area contributed by atoms with Gasteiger partial charge in [0.25, 0.3) is 0 Å². The van der Waals surface area contributed by atoms with Gasteiger partial charge in [0, 0.05) is 0 Å². The second-order valence-electron chi connectivity index (χ2n) is 14.4. The third-order valence-electron chi connectivity index (χ3n) is 10.5. The molecule has 268 valence electrons. The van der Waals surface area contributed by atoms with Gasteiger partial charge in [0.1, 0.15) is 0 Å². The van der Waals surface area contributed by atoms with Gasteiger partial charge in [-0.1, -0.05) is 234 Å².